The lowest BCUT2D eigenvalue weighted by atomic mass is 9.95. The Labute approximate surface area is 123 Å². The van der Waals surface area contributed by atoms with Gasteiger partial charge in [0.1, 0.15) is 5.82 Å². The molecule has 1 aliphatic heterocycles. The molecule has 2 rings (SSSR count). The number of rotatable bonds is 4. The molecular formula is C15H21FN3O2+. The number of anilines is 1. The van der Waals surface area contributed by atoms with Gasteiger partial charge in [-0.2, -0.15) is 0 Å². The van der Waals surface area contributed by atoms with Crippen LogP contribution in [0, 0.1) is 11.7 Å². The van der Waals surface area contributed by atoms with E-state index in [9.17, 15) is 14.0 Å². The summed E-state index contributed by atoms with van der Waals surface area (Å²) in [6, 6.07) is 5.59. The van der Waals surface area contributed by atoms with E-state index in [1.54, 1.807) is 12.1 Å². The summed E-state index contributed by atoms with van der Waals surface area (Å²) in [5.74, 6) is -0.860. The van der Waals surface area contributed by atoms with Crippen LogP contribution in [-0.4, -0.2) is 30.9 Å². The van der Waals surface area contributed by atoms with E-state index in [1.807, 2.05) is 6.92 Å². The number of benzene rings is 1. The molecule has 5 nitrogen and oxygen atoms in total. The molecule has 2 amide bonds. The minimum atomic E-state index is -0.380. The first-order valence-electron chi connectivity index (χ1n) is 7.17. The minimum absolute atomic E-state index is 0.0766. The van der Waals surface area contributed by atoms with Crippen molar-refractivity contribution in [1.82, 2.24) is 0 Å². The highest BCUT2D eigenvalue weighted by Crippen LogP contribution is 2.10. The van der Waals surface area contributed by atoms with Crippen LogP contribution in [0.4, 0.5) is 10.1 Å². The Hall–Kier alpha value is -1.95. The van der Waals surface area contributed by atoms with E-state index < -0.39 is 0 Å². The van der Waals surface area contributed by atoms with Gasteiger partial charge in [0, 0.05) is 24.4 Å². The molecule has 0 unspecified atom stereocenters. The van der Waals surface area contributed by atoms with Crippen molar-refractivity contribution in [3.05, 3.63) is 30.1 Å². The number of hydrogen-bond acceptors (Lipinski definition) is 2. The molecule has 21 heavy (non-hydrogen) atoms. The van der Waals surface area contributed by atoms with Gasteiger partial charge in [0.2, 0.25) is 5.91 Å². The van der Waals surface area contributed by atoms with E-state index in [1.165, 1.54) is 12.1 Å². The molecule has 0 aromatic heterocycles. The standard InChI is InChI=1S/C15H20FN3O2/c1-10(19-7-5-11(6-8-19)14(17)20)15(21)18-13-4-2-3-12(16)9-13/h2-4,9-11H,5-8H2,1H3,(H2,17,20)(H,18,21)/p+1/t10-/m0/s1. The number of primary amides is 1. The Morgan fingerprint density at radius 3 is 2.62 bits per heavy atom. The van der Waals surface area contributed by atoms with Crippen molar-refractivity contribution in [3.8, 4) is 0 Å². The van der Waals surface area contributed by atoms with Gasteiger partial charge in [0.15, 0.2) is 6.04 Å². The van der Waals surface area contributed by atoms with Gasteiger partial charge in [-0.25, -0.2) is 4.39 Å². The Morgan fingerprint density at radius 2 is 2.05 bits per heavy atom. The molecule has 1 fully saturated rings. The van der Waals surface area contributed by atoms with Crippen LogP contribution in [0.5, 0.6) is 0 Å². The lowest BCUT2D eigenvalue weighted by Gasteiger charge is -2.31. The molecule has 1 aromatic carbocycles. The maximum absolute atomic E-state index is 13.1. The molecule has 4 N–H and O–H groups in total. The maximum atomic E-state index is 13.1. The second kappa shape index (κ2) is 6.67. The van der Waals surface area contributed by atoms with Crippen LogP contribution in [0.1, 0.15) is 19.8 Å². The summed E-state index contributed by atoms with van der Waals surface area (Å²) < 4.78 is 13.1. The van der Waals surface area contributed by atoms with Gasteiger partial charge < -0.3 is 16.0 Å². The van der Waals surface area contributed by atoms with Crippen molar-refractivity contribution in [2.75, 3.05) is 18.4 Å². The number of carbonyl (C=O) groups excluding carboxylic acids is 2. The molecule has 1 heterocycles. The molecule has 0 spiro atoms. The number of carbonyl (C=O) groups is 2. The van der Waals surface area contributed by atoms with Crippen LogP contribution in [0.2, 0.25) is 0 Å². The zero-order valence-electron chi connectivity index (χ0n) is 12.1. The SMILES string of the molecule is C[C@@H](C(=O)Nc1cccc(F)c1)[NH+]1CCC(C(N)=O)CC1. The molecule has 1 aromatic rings. The van der Waals surface area contributed by atoms with Crippen molar-refractivity contribution in [1.29, 1.82) is 0 Å². The highest BCUT2D eigenvalue weighted by atomic mass is 19.1. The third kappa shape index (κ3) is 4.01. The largest absolute Gasteiger partial charge is 0.369 e. The van der Waals surface area contributed by atoms with E-state index >= 15 is 0 Å². The number of amides is 2. The van der Waals surface area contributed by atoms with Crippen molar-refractivity contribution in [2.45, 2.75) is 25.8 Å². The molecule has 1 atom stereocenters. The summed E-state index contributed by atoms with van der Waals surface area (Å²) >= 11 is 0. The summed E-state index contributed by atoms with van der Waals surface area (Å²) in [6.07, 6.45) is 1.42. The van der Waals surface area contributed by atoms with Crippen molar-refractivity contribution in [2.24, 2.45) is 11.7 Å². The fourth-order valence-corrected chi connectivity index (χ4v) is 2.71. The van der Waals surface area contributed by atoms with E-state index in [0.29, 0.717) is 18.5 Å². The fourth-order valence-electron chi connectivity index (χ4n) is 2.71. The van der Waals surface area contributed by atoms with E-state index in [2.05, 4.69) is 5.32 Å². The van der Waals surface area contributed by atoms with Gasteiger partial charge in [0.05, 0.1) is 13.1 Å². The number of hydrogen-bond donors (Lipinski definition) is 3. The van der Waals surface area contributed by atoms with Gasteiger partial charge in [-0.05, 0) is 25.1 Å². The van der Waals surface area contributed by atoms with Crippen LogP contribution in [0.25, 0.3) is 0 Å². The average molecular weight is 294 g/mol. The number of likely N-dealkylation sites (tertiary alicyclic amines) is 1. The average Bonchev–Trinajstić information content (AvgIpc) is 2.46. The zero-order chi connectivity index (χ0) is 15.4. The summed E-state index contributed by atoms with van der Waals surface area (Å²) in [7, 11) is 0. The van der Waals surface area contributed by atoms with Crippen LogP contribution < -0.4 is 16.0 Å². The second-order valence-corrected chi connectivity index (χ2v) is 5.56. The van der Waals surface area contributed by atoms with Crippen molar-refractivity contribution < 1.29 is 18.9 Å². The van der Waals surface area contributed by atoms with Crippen LogP contribution in [-0.2, 0) is 9.59 Å². The first-order valence-corrected chi connectivity index (χ1v) is 7.17. The first-order chi connectivity index (χ1) is 9.97. The van der Waals surface area contributed by atoms with E-state index in [4.69, 9.17) is 5.73 Å². The molecule has 1 aliphatic rings. The Bertz CT molecular complexity index is 527. The highest BCUT2D eigenvalue weighted by molar-refractivity contribution is 5.93. The zero-order valence-corrected chi connectivity index (χ0v) is 12.1. The molecule has 6 heteroatoms. The molecule has 0 aliphatic carbocycles. The quantitative estimate of drug-likeness (QED) is 0.727. The Kier molecular flexibility index (Phi) is 4.90. The van der Waals surface area contributed by atoms with Gasteiger partial charge in [-0.3, -0.25) is 9.59 Å². The van der Waals surface area contributed by atoms with Crippen molar-refractivity contribution >= 4 is 17.5 Å². The number of piperidine rings is 1. The minimum Gasteiger partial charge on any atom is -0.369 e. The van der Waals surface area contributed by atoms with Gasteiger partial charge >= 0.3 is 0 Å². The Balaban J connectivity index is 1.90. The summed E-state index contributed by atoms with van der Waals surface area (Å²) in [5, 5.41) is 2.72. The third-order valence-electron chi connectivity index (χ3n) is 4.13. The second-order valence-electron chi connectivity index (χ2n) is 5.56. The summed E-state index contributed by atoms with van der Waals surface area (Å²) in [4.78, 5) is 24.5. The highest BCUT2D eigenvalue weighted by Gasteiger charge is 2.31. The number of nitrogens with one attached hydrogen (secondary N) is 2. The van der Waals surface area contributed by atoms with Crippen LogP contribution in [0.3, 0.4) is 0 Å². The molecule has 0 saturated carbocycles. The van der Waals surface area contributed by atoms with Crippen LogP contribution >= 0.6 is 0 Å². The van der Waals surface area contributed by atoms with E-state index in [-0.39, 0.29) is 29.6 Å². The Morgan fingerprint density at radius 1 is 1.38 bits per heavy atom. The lowest BCUT2D eigenvalue weighted by Crippen LogP contribution is -3.17. The van der Waals surface area contributed by atoms with Gasteiger partial charge in [0.25, 0.3) is 5.91 Å². The first kappa shape index (κ1) is 15.4. The number of quaternary nitrogens is 1. The topological polar surface area (TPSA) is 76.6 Å². The van der Waals surface area contributed by atoms with Crippen molar-refractivity contribution in [3.63, 3.8) is 0 Å². The normalized spacial score (nSPS) is 23.3. The number of halogens is 1. The molecule has 1 saturated heterocycles. The van der Waals surface area contributed by atoms with Crippen LogP contribution in [0.15, 0.2) is 24.3 Å². The predicted molar refractivity (Wildman–Crippen MR) is 77.1 cm³/mol. The maximum Gasteiger partial charge on any atom is 0.282 e. The lowest BCUT2D eigenvalue weighted by molar-refractivity contribution is -0.919. The van der Waals surface area contributed by atoms with Gasteiger partial charge in [-0.1, -0.05) is 6.07 Å². The fraction of sp³-hybridized carbons (Fsp3) is 0.467. The molecule has 0 bridgehead atoms. The third-order valence-corrected chi connectivity index (χ3v) is 4.13. The number of nitrogens with two attached hydrogens (primary N) is 1. The predicted octanol–water partition coefficient (Wildman–Crippen LogP) is -0.0671. The molecule has 114 valence electrons. The smallest absolute Gasteiger partial charge is 0.282 e. The summed E-state index contributed by atoms with van der Waals surface area (Å²) in [5.41, 5.74) is 5.76. The van der Waals surface area contributed by atoms with E-state index in [0.717, 1.165) is 18.0 Å². The molecule has 0 radical (unpaired) electrons. The van der Waals surface area contributed by atoms with Gasteiger partial charge in [-0.15, -0.1) is 0 Å². The molecular weight excluding hydrogens is 273 g/mol. The monoisotopic (exact) mass is 294 g/mol. The summed E-state index contributed by atoms with van der Waals surface area (Å²) in [6.45, 7) is 3.32.